The van der Waals surface area contributed by atoms with Crippen molar-refractivity contribution in [3.05, 3.63) is 16.0 Å². The molecule has 1 aliphatic carbocycles. The molecule has 2 unspecified atom stereocenters. The number of esters is 1. The largest absolute Gasteiger partial charge is 0.462 e. The van der Waals surface area contributed by atoms with E-state index in [2.05, 4.69) is 24.1 Å². The van der Waals surface area contributed by atoms with Gasteiger partial charge in [-0.15, -0.1) is 11.3 Å². The van der Waals surface area contributed by atoms with Gasteiger partial charge in [0.15, 0.2) is 0 Å². The Balaban J connectivity index is 1.65. The van der Waals surface area contributed by atoms with Crippen LogP contribution in [0.1, 0.15) is 60.8 Å². The Labute approximate surface area is 165 Å². The number of aryl methyl sites for hydroxylation is 1. The van der Waals surface area contributed by atoms with Gasteiger partial charge in [-0.2, -0.15) is 0 Å². The molecule has 3 rings (SSSR count). The van der Waals surface area contributed by atoms with E-state index in [-0.39, 0.29) is 24.1 Å². The van der Waals surface area contributed by atoms with Crippen molar-refractivity contribution in [1.82, 2.24) is 4.90 Å². The Morgan fingerprint density at radius 2 is 1.93 bits per heavy atom. The van der Waals surface area contributed by atoms with Crippen molar-refractivity contribution in [3.63, 3.8) is 0 Å². The van der Waals surface area contributed by atoms with Gasteiger partial charge in [0.1, 0.15) is 5.00 Å². The van der Waals surface area contributed by atoms with Crippen LogP contribution in [0.25, 0.3) is 0 Å². The highest BCUT2D eigenvalue weighted by Crippen LogP contribution is 2.38. The van der Waals surface area contributed by atoms with E-state index in [9.17, 15) is 9.59 Å². The molecule has 1 fully saturated rings. The highest BCUT2D eigenvalue weighted by molar-refractivity contribution is 7.17. The Morgan fingerprint density at radius 1 is 1.22 bits per heavy atom. The zero-order valence-corrected chi connectivity index (χ0v) is 17.3. The molecule has 7 heteroatoms. The summed E-state index contributed by atoms with van der Waals surface area (Å²) in [4.78, 5) is 28.5. The molecule has 0 radical (unpaired) electrons. The summed E-state index contributed by atoms with van der Waals surface area (Å²) >= 11 is 1.54. The molecule has 0 saturated carbocycles. The molecule has 6 nitrogen and oxygen atoms in total. The van der Waals surface area contributed by atoms with Gasteiger partial charge in [0, 0.05) is 30.9 Å². The maximum atomic E-state index is 12.5. The van der Waals surface area contributed by atoms with Crippen LogP contribution in [0.3, 0.4) is 0 Å². The highest BCUT2D eigenvalue weighted by Gasteiger charge is 2.27. The van der Waals surface area contributed by atoms with Gasteiger partial charge in [-0.3, -0.25) is 9.69 Å². The Bertz CT molecular complexity index is 678. The number of hydrogen-bond acceptors (Lipinski definition) is 6. The predicted octanol–water partition coefficient (Wildman–Crippen LogP) is 3.24. The van der Waals surface area contributed by atoms with Gasteiger partial charge >= 0.3 is 5.97 Å². The van der Waals surface area contributed by atoms with Crippen LogP contribution >= 0.6 is 11.3 Å². The van der Waals surface area contributed by atoms with E-state index in [1.165, 1.54) is 4.88 Å². The molecule has 0 aromatic carbocycles. The van der Waals surface area contributed by atoms with Crippen molar-refractivity contribution in [2.75, 3.05) is 31.6 Å². The Morgan fingerprint density at radius 3 is 2.63 bits per heavy atom. The molecule has 1 aliphatic heterocycles. The second kappa shape index (κ2) is 9.17. The van der Waals surface area contributed by atoms with Gasteiger partial charge in [-0.1, -0.05) is 0 Å². The molecule has 2 aliphatic rings. The first-order chi connectivity index (χ1) is 13.0. The normalized spacial score (nSPS) is 22.9. The average molecular weight is 395 g/mol. The summed E-state index contributed by atoms with van der Waals surface area (Å²) in [5, 5.41) is 3.65. The van der Waals surface area contributed by atoms with E-state index in [1.807, 2.05) is 0 Å². The summed E-state index contributed by atoms with van der Waals surface area (Å²) in [6.45, 7) is 8.65. The smallest absolute Gasteiger partial charge is 0.341 e. The number of thiophene rings is 1. The second-order valence-electron chi connectivity index (χ2n) is 7.45. The maximum Gasteiger partial charge on any atom is 0.341 e. The standard InChI is InChI=1S/C20H30N2O4S/c1-4-25-20(24)18-15-7-5-6-8-16(15)27-19(18)21-17(23)9-10-22-11-13(2)26-14(3)12-22/h13-14H,4-12H2,1-3H3,(H,21,23). The first-order valence-corrected chi connectivity index (χ1v) is 10.8. The molecule has 27 heavy (non-hydrogen) atoms. The van der Waals surface area contributed by atoms with Crippen molar-refractivity contribution in [3.8, 4) is 0 Å². The molecule has 0 spiro atoms. The summed E-state index contributed by atoms with van der Waals surface area (Å²) in [7, 11) is 0. The molecule has 0 bridgehead atoms. The van der Waals surface area contributed by atoms with Crippen LogP contribution < -0.4 is 5.32 Å². The van der Waals surface area contributed by atoms with Gasteiger partial charge in [0.25, 0.3) is 0 Å². The van der Waals surface area contributed by atoms with Crippen molar-refractivity contribution >= 4 is 28.2 Å². The van der Waals surface area contributed by atoms with Crippen LogP contribution in [0.2, 0.25) is 0 Å². The van der Waals surface area contributed by atoms with Crippen molar-refractivity contribution in [2.24, 2.45) is 0 Å². The number of carbonyl (C=O) groups excluding carboxylic acids is 2. The molecular weight excluding hydrogens is 364 g/mol. The van der Waals surface area contributed by atoms with E-state index >= 15 is 0 Å². The van der Waals surface area contributed by atoms with Crippen LogP contribution in [0, 0.1) is 0 Å². The summed E-state index contributed by atoms with van der Waals surface area (Å²) in [5.41, 5.74) is 1.66. The summed E-state index contributed by atoms with van der Waals surface area (Å²) in [6, 6.07) is 0. The predicted molar refractivity (Wildman–Crippen MR) is 107 cm³/mol. The molecule has 1 amide bonds. The summed E-state index contributed by atoms with van der Waals surface area (Å²) < 4.78 is 11.0. The van der Waals surface area contributed by atoms with Gasteiger partial charge < -0.3 is 14.8 Å². The lowest BCUT2D eigenvalue weighted by atomic mass is 9.95. The number of ether oxygens (including phenoxy) is 2. The topological polar surface area (TPSA) is 67.9 Å². The van der Waals surface area contributed by atoms with Crippen LogP contribution in [0.4, 0.5) is 5.00 Å². The van der Waals surface area contributed by atoms with E-state index in [0.29, 0.717) is 30.1 Å². The number of nitrogens with one attached hydrogen (secondary N) is 1. The SMILES string of the molecule is CCOC(=O)c1c(NC(=O)CCN2CC(C)OC(C)C2)sc2c1CCCC2. The highest BCUT2D eigenvalue weighted by atomic mass is 32.1. The van der Waals surface area contributed by atoms with Gasteiger partial charge in [0.05, 0.1) is 24.4 Å². The lowest BCUT2D eigenvalue weighted by Gasteiger charge is -2.35. The monoisotopic (exact) mass is 394 g/mol. The average Bonchev–Trinajstić information content (AvgIpc) is 2.97. The van der Waals surface area contributed by atoms with Gasteiger partial charge in [0.2, 0.25) is 5.91 Å². The fraction of sp³-hybridized carbons (Fsp3) is 0.700. The van der Waals surface area contributed by atoms with Gasteiger partial charge in [-0.05, 0) is 52.0 Å². The van der Waals surface area contributed by atoms with Crippen LogP contribution in [0.15, 0.2) is 0 Å². The third-order valence-corrected chi connectivity index (χ3v) is 6.26. The zero-order chi connectivity index (χ0) is 19.4. The first-order valence-electron chi connectivity index (χ1n) is 9.97. The van der Waals surface area contributed by atoms with E-state index in [4.69, 9.17) is 9.47 Å². The third-order valence-electron chi connectivity index (χ3n) is 5.05. The first kappa shape index (κ1) is 20.3. The van der Waals surface area contributed by atoms with Crippen molar-refractivity contribution in [2.45, 2.75) is 65.1 Å². The fourth-order valence-corrected chi connectivity index (χ4v) is 5.28. The number of fused-ring (bicyclic) bond motifs is 1. The number of hydrogen-bond donors (Lipinski definition) is 1. The Hall–Kier alpha value is -1.44. The number of carbonyl (C=O) groups is 2. The van der Waals surface area contributed by atoms with Crippen molar-refractivity contribution in [1.29, 1.82) is 0 Å². The van der Waals surface area contributed by atoms with Crippen LogP contribution in [-0.2, 0) is 27.1 Å². The number of anilines is 1. The lowest BCUT2D eigenvalue weighted by Crippen LogP contribution is -2.46. The lowest BCUT2D eigenvalue weighted by molar-refractivity contribution is -0.117. The number of nitrogens with zero attached hydrogens (tertiary/aromatic N) is 1. The van der Waals surface area contributed by atoms with Crippen LogP contribution in [-0.4, -0.2) is 55.2 Å². The summed E-state index contributed by atoms with van der Waals surface area (Å²) in [5.74, 6) is -0.367. The molecule has 1 saturated heterocycles. The fourth-order valence-electron chi connectivity index (χ4n) is 3.99. The van der Waals surface area contributed by atoms with Gasteiger partial charge in [-0.25, -0.2) is 4.79 Å². The molecule has 1 N–H and O–H groups in total. The minimum Gasteiger partial charge on any atom is -0.462 e. The molecule has 1 aromatic heterocycles. The maximum absolute atomic E-state index is 12.5. The quantitative estimate of drug-likeness (QED) is 0.750. The van der Waals surface area contributed by atoms with Crippen LogP contribution in [0.5, 0.6) is 0 Å². The minimum absolute atomic E-state index is 0.0501. The molecule has 2 atom stereocenters. The number of amides is 1. The molecule has 2 heterocycles. The number of rotatable bonds is 6. The van der Waals surface area contributed by atoms with E-state index in [0.717, 1.165) is 44.3 Å². The molecule has 150 valence electrons. The zero-order valence-electron chi connectivity index (χ0n) is 16.5. The van der Waals surface area contributed by atoms with E-state index < -0.39 is 0 Å². The molecule has 1 aromatic rings. The van der Waals surface area contributed by atoms with E-state index in [1.54, 1.807) is 18.3 Å². The third kappa shape index (κ3) is 5.09. The minimum atomic E-state index is -0.317. The number of morpholine rings is 1. The molecular formula is C20H30N2O4S. The Kier molecular flexibility index (Phi) is 6.89. The summed E-state index contributed by atoms with van der Waals surface area (Å²) in [6.07, 6.45) is 4.87. The second-order valence-corrected chi connectivity index (χ2v) is 8.56. The van der Waals surface area contributed by atoms with Crippen molar-refractivity contribution < 1.29 is 19.1 Å².